The molecule has 0 saturated carbocycles. The highest BCUT2D eigenvalue weighted by atomic mass is 16.5. The quantitative estimate of drug-likeness (QED) is 0.390. The van der Waals surface area contributed by atoms with Crippen molar-refractivity contribution in [2.75, 3.05) is 13.2 Å². The van der Waals surface area contributed by atoms with Crippen molar-refractivity contribution in [1.82, 2.24) is 0 Å². The summed E-state index contributed by atoms with van der Waals surface area (Å²) in [6.07, 6.45) is 5.53. The zero-order valence-corrected chi connectivity index (χ0v) is 16.3. The Kier molecular flexibility index (Phi) is 6.38. The molecule has 2 heteroatoms. The summed E-state index contributed by atoms with van der Waals surface area (Å²) in [5, 5.41) is 4.62. The molecule has 3 aromatic carbocycles. The zero-order valence-electron chi connectivity index (χ0n) is 16.3. The first-order valence-electron chi connectivity index (χ1n) is 10.0. The van der Waals surface area contributed by atoms with Gasteiger partial charge in [-0.15, -0.1) is 0 Å². The molecular weight excluding hydrogens is 320 g/mol. The molecule has 0 aliphatic rings. The Morgan fingerprint density at radius 1 is 0.654 bits per heavy atom. The van der Waals surface area contributed by atoms with E-state index in [1.807, 2.05) is 0 Å². The Labute approximate surface area is 157 Å². The Morgan fingerprint density at radius 2 is 1.23 bits per heavy atom. The summed E-state index contributed by atoms with van der Waals surface area (Å²) in [5.41, 5.74) is 1.37. The molecule has 0 atom stereocenters. The van der Waals surface area contributed by atoms with E-state index in [1.54, 1.807) is 0 Å². The van der Waals surface area contributed by atoms with E-state index < -0.39 is 0 Å². The van der Waals surface area contributed by atoms with Gasteiger partial charge in [0.15, 0.2) is 0 Å². The van der Waals surface area contributed by atoms with Crippen molar-refractivity contribution >= 4 is 21.5 Å². The van der Waals surface area contributed by atoms with Gasteiger partial charge in [0.05, 0.1) is 13.2 Å². The molecule has 0 N–H and O–H groups in total. The van der Waals surface area contributed by atoms with Crippen LogP contribution >= 0.6 is 0 Å². The molecule has 0 spiro atoms. The van der Waals surface area contributed by atoms with E-state index in [4.69, 9.17) is 9.47 Å². The van der Waals surface area contributed by atoms with Gasteiger partial charge in [0, 0.05) is 21.5 Å². The SMILES string of the molecule is CCCCc1ccc2c(OCCC)c3ccccc3c(OCCC)c2c1. The zero-order chi connectivity index (χ0) is 18.4. The van der Waals surface area contributed by atoms with Crippen LogP contribution in [-0.4, -0.2) is 13.2 Å². The molecule has 26 heavy (non-hydrogen) atoms. The first-order valence-corrected chi connectivity index (χ1v) is 10.0. The van der Waals surface area contributed by atoms with Gasteiger partial charge in [0.2, 0.25) is 0 Å². The monoisotopic (exact) mass is 350 g/mol. The van der Waals surface area contributed by atoms with Gasteiger partial charge in [-0.3, -0.25) is 0 Å². The molecule has 0 aliphatic carbocycles. The van der Waals surface area contributed by atoms with E-state index in [0.717, 1.165) is 60.1 Å². The predicted molar refractivity (Wildman–Crippen MR) is 112 cm³/mol. The molecule has 3 rings (SSSR count). The highest BCUT2D eigenvalue weighted by Gasteiger charge is 2.16. The third-order valence-corrected chi connectivity index (χ3v) is 4.71. The number of unbranched alkanes of at least 4 members (excludes halogenated alkanes) is 1. The summed E-state index contributed by atoms with van der Waals surface area (Å²) < 4.78 is 12.5. The minimum atomic E-state index is 0.728. The molecule has 0 fully saturated rings. The van der Waals surface area contributed by atoms with Crippen molar-refractivity contribution in [3.05, 3.63) is 48.0 Å². The molecule has 138 valence electrons. The third kappa shape index (κ3) is 3.80. The van der Waals surface area contributed by atoms with Gasteiger partial charge in [-0.1, -0.05) is 63.6 Å². The number of hydrogen-bond donors (Lipinski definition) is 0. The second-order valence-electron chi connectivity index (χ2n) is 6.88. The second kappa shape index (κ2) is 8.93. The van der Waals surface area contributed by atoms with Crippen molar-refractivity contribution < 1.29 is 9.47 Å². The van der Waals surface area contributed by atoms with Crippen LogP contribution in [0.4, 0.5) is 0 Å². The molecule has 0 radical (unpaired) electrons. The Morgan fingerprint density at radius 3 is 1.81 bits per heavy atom. The maximum Gasteiger partial charge on any atom is 0.135 e. The minimum Gasteiger partial charge on any atom is -0.492 e. The number of ether oxygens (including phenoxy) is 2. The van der Waals surface area contributed by atoms with Gasteiger partial charge in [-0.05, 0) is 37.3 Å². The molecule has 0 heterocycles. The Hall–Kier alpha value is -2.22. The summed E-state index contributed by atoms with van der Waals surface area (Å²) in [6.45, 7) is 7.99. The summed E-state index contributed by atoms with van der Waals surface area (Å²) in [4.78, 5) is 0. The smallest absolute Gasteiger partial charge is 0.135 e. The fourth-order valence-electron chi connectivity index (χ4n) is 3.40. The van der Waals surface area contributed by atoms with Gasteiger partial charge in [-0.2, -0.15) is 0 Å². The molecule has 0 aromatic heterocycles. The molecule has 0 aliphatic heterocycles. The van der Waals surface area contributed by atoms with Crippen molar-refractivity contribution in [3.8, 4) is 11.5 Å². The van der Waals surface area contributed by atoms with Gasteiger partial charge < -0.3 is 9.47 Å². The van der Waals surface area contributed by atoms with E-state index in [1.165, 1.54) is 23.8 Å². The van der Waals surface area contributed by atoms with Crippen LogP contribution in [0.1, 0.15) is 52.0 Å². The van der Waals surface area contributed by atoms with E-state index in [2.05, 4.69) is 63.2 Å². The lowest BCUT2D eigenvalue weighted by Crippen LogP contribution is -2.01. The maximum absolute atomic E-state index is 6.25. The molecule has 0 amide bonds. The fourth-order valence-corrected chi connectivity index (χ4v) is 3.40. The molecule has 0 unspecified atom stereocenters. The minimum absolute atomic E-state index is 0.728. The molecule has 2 nitrogen and oxygen atoms in total. The largest absolute Gasteiger partial charge is 0.492 e. The highest BCUT2D eigenvalue weighted by molar-refractivity contribution is 6.11. The van der Waals surface area contributed by atoms with Crippen molar-refractivity contribution in [2.24, 2.45) is 0 Å². The van der Waals surface area contributed by atoms with Crippen LogP contribution in [0.15, 0.2) is 42.5 Å². The number of fused-ring (bicyclic) bond motifs is 2. The average Bonchev–Trinajstić information content (AvgIpc) is 2.68. The summed E-state index contributed by atoms with van der Waals surface area (Å²) in [7, 11) is 0. The first-order chi connectivity index (χ1) is 12.8. The lowest BCUT2D eigenvalue weighted by atomic mass is 9.97. The third-order valence-electron chi connectivity index (χ3n) is 4.71. The average molecular weight is 351 g/mol. The van der Waals surface area contributed by atoms with Gasteiger partial charge >= 0.3 is 0 Å². The van der Waals surface area contributed by atoms with E-state index >= 15 is 0 Å². The lowest BCUT2D eigenvalue weighted by molar-refractivity contribution is 0.319. The molecule has 0 bridgehead atoms. The normalized spacial score (nSPS) is 11.2. The number of benzene rings is 3. The van der Waals surface area contributed by atoms with Crippen LogP contribution in [-0.2, 0) is 6.42 Å². The first kappa shape index (κ1) is 18.6. The van der Waals surface area contributed by atoms with Crippen LogP contribution in [0.5, 0.6) is 11.5 Å². The van der Waals surface area contributed by atoms with Crippen LogP contribution in [0.2, 0.25) is 0 Å². The number of rotatable bonds is 9. The van der Waals surface area contributed by atoms with Crippen molar-refractivity contribution in [1.29, 1.82) is 0 Å². The molecule has 3 aromatic rings. The Bertz CT molecular complexity index is 867. The molecular formula is C24H30O2. The number of aryl methyl sites for hydroxylation is 1. The van der Waals surface area contributed by atoms with Crippen LogP contribution in [0.3, 0.4) is 0 Å². The van der Waals surface area contributed by atoms with Crippen molar-refractivity contribution in [2.45, 2.75) is 52.9 Å². The topological polar surface area (TPSA) is 18.5 Å². The molecule has 0 saturated heterocycles. The second-order valence-corrected chi connectivity index (χ2v) is 6.88. The van der Waals surface area contributed by atoms with E-state index in [-0.39, 0.29) is 0 Å². The fraction of sp³-hybridized carbons (Fsp3) is 0.417. The lowest BCUT2D eigenvalue weighted by Gasteiger charge is -2.18. The van der Waals surface area contributed by atoms with Gasteiger partial charge in [0.1, 0.15) is 11.5 Å². The van der Waals surface area contributed by atoms with Crippen LogP contribution in [0, 0.1) is 0 Å². The van der Waals surface area contributed by atoms with Crippen LogP contribution < -0.4 is 9.47 Å². The summed E-state index contributed by atoms with van der Waals surface area (Å²) >= 11 is 0. The predicted octanol–water partition coefficient (Wildman–Crippen LogP) is 6.91. The maximum atomic E-state index is 6.25. The standard InChI is InChI=1S/C24H30O2/c1-4-7-10-18-13-14-21-22(17-18)24(26-16-6-3)20-12-9-8-11-19(20)23(21)25-15-5-2/h8-9,11-14,17H,4-7,10,15-16H2,1-3H3. The van der Waals surface area contributed by atoms with Crippen LogP contribution in [0.25, 0.3) is 21.5 Å². The van der Waals surface area contributed by atoms with Crippen molar-refractivity contribution in [3.63, 3.8) is 0 Å². The van der Waals surface area contributed by atoms with Gasteiger partial charge in [-0.25, -0.2) is 0 Å². The van der Waals surface area contributed by atoms with E-state index in [0.29, 0.717) is 0 Å². The van der Waals surface area contributed by atoms with Gasteiger partial charge in [0.25, 0.3) is 0 Å². The summed E-state index contributed by atoms with van der Waals surface area (Å²) in [6, 6.07) is 15.2. The van der Waals surface area contributed by atoms with E-state index in [9.17, 15) is 0 Å². The summed E-state index contributed by atoms with van der Waals surface area (Å²) in [5.74, 6) is 1.99. The highest BCUT2D eigenvalue weighted by Crippen LogP contribution is 2.43. The Balaban J connectivity index is 2.25. The number of hydrogen-bond acceptors (Lipinski definition) is 2.